The standard InChI is InChI=1S/C19H17F2N3O3/c1-2-26-19-15(4-3-9-22-19)24-17(25)7-8-18-23-11-16(27-18)13-6-5-12(20)10-14(13)21/h3-6,9-11H,2,7-8H2,1H3,(H,24,25). The molecule has 2 heterocycles. The minimum absolute atomic E-state index is 0.103. The Bertz CT molecular complexity index is 943. The van der Waals surface area contributed by atoms with Gasteiger partial charge in [0.1, 0.15) is 17.3 Å². The maximum absolute atomic E-state index is 13.8. The number of rotatable bonds is 7. The van der Waals surface area contributed by atoms with Crippen molar-refractivity contribution in [3.05, 3.63) is 60.3 Å². The largest absolute Gasteiger partial charge is 0.476 e. The number of hydrogen-bond donors (Lipinski definition) is 1. The van der Waals surface area contributed by atoms with E-state index in [1.165, 1.54) is 12.3 Å². The summed E-state index contributed by atoms with van der Waals surface area (Å²) >= 11 is 0. The quantitative estimate of drug-likeness (QED) is 0.678. The van der Waals surface area contributed by atoms with Gasteiger partial charge in [0.15, 0.2) is 11.7 Å². The van der Waals surface area contributed by atoms with Crippen LogP contribution in [0.15, 0.2) is 47.1 Å². The molecule has 0 saturated carbocycles. The monoisotopic (exact) mass is 373 g/mol. The molecule has 0 radical (unpaired) electrons. The molecule has 0 saturated heterocycles. The van der Waals surface area contributed by atoms with Crippen molar-refractivity contribution in [3.63, 3.8) is 0 Å². The Labute approximate surface area is 154 Å². The van der Waals surface area contributed by atoms with Crippen LogP contribution in [0.25, 0.3) is 11.3 Å². The SMILES string of the molecule is CCOc1ncccc1NC(=O)CCc1ncc(-c2ccc(F)cc2F)o1. The second-order valence-corrected chi connectivity index (χ2v) is 5.58. The van der Waals surface area contributed by atoms with Crippen LogP contribution in [0.2, 0.25) is 0 Å². The van der Waals surface area contributed by atoms with Crippen molar-refractivity contribution < 1.29 is 22.7 Å². The number of aromatic nitrogens is 2. The zero-order valence-electron chi connectivity index (χ0n) is 14.5. The van der Waals surface area contributed by atoms with E-state index in [-0.39, 0.29) is 36.0 Å². The van der Waals surface area contributed by atoms with Crippen molar-refractivity contribution in [2.75, 3.05) is 11.9 Å². The number of ether oxygens (including phenoxy) is 1. The zero-order valence-corrected chi connectivity index (χ0v) is 14.5. The smallest absolute Gasteiger partial charge is 0.237 e. The highest BCUT2D eigenvalue weighted by atomic mass is 19.1. The molecule has 0 atom stereocenters. The summed E-state index contributed by atoms with van der Waals surface area (Å²) in [5, 5.41) is 2.72. The number of nitrogens with one attached hydrogen (secondary N) is 1. The van der Waals surface area contributed by atoms with Crippen LogP contribution in [-0.2, 0) is 11.2 Å². The molecule has 0 unspecified atom stereocenters. The summed E-state index contributed by atoms with van der Waals surface area (Å²) in [6, 6.07) is 6.57. The van der Waals surface area contributed by atoms with E-state index in [9.17, 15) is 13.6 Å². The number of nitrogens with zero attached hydrogens (tertiary/aromatic N) is 2. The van der Waals surface area contributed by atoms with Gasteiger partial charge < -0.3 is 14.5 Å². The molecule has 6 nitrogen and oxygen atoms in total. The van der Waals surface area contributed by atoms with Gasteiger partial charge in [0.25, 0.3) is 0 Å². The minimum Gasteiger partial charge on any atom is -0.476 e. The van der Waals surface area contributed by atoms with Crippen LogP contribution in [0.5, 0.6) is 5.88 Å². The third-order valence-corrected chi connectivity index (χ3v) is 3.64. The second-order valence-electron chi connectivity index (χ2n) is 5.58. The molecule has 1 aromatic carbocycles. The topological polar surface area (TPSA) is 77.2 Å². The number of pyridine rings is 1. The molecule has 3 aromatic rings. The summed E-state index contributed by atoms with van der Waals surface area (Å²) in [5.74, 6) is -0.880. The number of aryl methyl sites for hydroxylation is 1. The fraction of sp³-hybridized carbons (Fsp3) is 0.211. The molecule has 140 valence electrons. The first-order valence-electron chi connectivity index (χ1n) is 8.34. The summed E-state index contributed by atoms with van der Waals surface area (Å²) in [6.07, 6.45) is 3.24. The van der Waals surface area contributed by atoms with Gasteiger partial charge in [0.2, 0.25) is 11.8 Å². The fourth-order valence-corrected chi connectivity index (χ4v) is 2.41. The molecular formula is C19H17F2N3O3. The first-order valence-corrected chi connectivity index (χ1v) is 8.34. The molecule has 3 rings (SSSR count). The van der Waals surface area contributed by atoms with E-state index in [0.717, 1.165) is 12.1 Å². The van der Waals surface area contributed by atoms with Crippen LogP contribution in [0.1, 0.15) is 19.2 Å². The van der Waals surface area contributed by atoms with Crippen LogP contribution in [0, 0.1) is 11.6 Å². The maximum atomic E-state index is 13.8. The second kappa shape index (κ2) is 8.39. The van der Waals surface area contributed by atoms with E-state index in [1.54, 1.807) is 18.3 Å². The Morgan fingerprint density at radius 2 is 2.11 bits per heavy atom. The Morgan fingerprint density at radius 1 is 1.26 bits per heavy atom. The van der Waals surface area contributed by atoms with E-state index in [0.29, 0.717) is 18.2 Å². The molecule has 0 bridgehead atoms. The van der Waals surface area contributed by atoms with Gasteiger partial charge in [-0.15, -0.1) is 0 Å². The number of benzene rings is 1. The van der Waals surface area contributed by atoms with E-state index >= 15 is 0 Å². The molecule has 0 fully saturated rings. The van der Waals surface area contributed by atoms with Crippen molar-refractivity contribution in [2.45, 2.75) is 19.8 Å². The first kappa shape index (κ1) is 18.5. The summed E-state index contributed by atoms with van der Waals surface area (Å²) in [4.78, 5) is 20.2. The highest BCUT2D eigenvalue weighted by molar-refractivity contribution is 5.91. The lowest BCUT2D eigenvalue weighted by molar-refractivity contribution is -0.116. The number of halogens is 2. The zero-order chi connectivity index (χ0) is 19.2. The lowest BCUT2D eigenvalue weighted by Crippen LogP contribution is -2.13. The summed E-state index contributed by atoms with van der Waals surface area (Å²) in [5.41, 5.74) is 0.585. The van der Waals surface area contributed by atoms with E-state index in [4.69, 9.17) is 9.15 Å². The number of carbonyl (C=O) groups is 1. The Hall–Kier alpha value is -3.29. The highest BCUT2D eigenvalue weighted by Gasteiger charge is 2.14. The van der Waals surface area contributed by atoms with Gasteiger partial charge in [0, 0.05) is 25.1 Å². The first-order chi connectivity index (χ1) is 13.1. The number of oxazole rings is 1. The molecule has 8 heteroatoms. The molecule has 0 aliphatic carbocycles. The Kier molecular flexibility index (Phi) is 5.75. The van der Waals surface area contributed by atoms with E-state index in [1.807, 2.05) is 6.92 Å². The van der Waals surface area contributed by atoms with Gasteiger partial charge in [-0.1, -0.05) is 0 Å². The fourth-order valence-electron chi connectivity index (χ4n) is 2.41. The van der Waals surface area contributed by atoms with Crippen molar-refractivity contribution >= 4 is 11.6 Å². The predicted molar refractivity (Wildman–Crippen MR) is 94.2 cm³/mol. The van der Waals surface area contributed by atoms with Crippen molar-refractivity contribution in [1.82, 2.24) is 9.97 Å². The minimum atomic E-state index is -0.740. The number of carbonyl (C=O) groups excluding carboxylic acids is 1. The lowest BCUT2D eigenvalue weighted by atomic mass is 10.2. The van der Waals surface area contributed by atoms with Crippen LogP contribution in [0.4, 0.5) is 14.5 Å². The number of anilines is 1. The molecule has 27 heavy (non-hydrogen) atoms. The van der Waals surface area contributed by atoms with Crippen LogP contribution < -0.4 is 10.1 Å². The van der Waals surface area contributed by atoms with Gasteiger partial charge in [-0.3, -0.25) is 4.79 Å². The Morgan fingerprint density at radius 3 is 2.89 bits per heavy atom. The number of hydrogen-bond acceptors (Lipinski definition) is 5. The average Bonchev–Trinajstić information content (AvgIpc) is 3.10. The summed E-state index contributed by atoms with van der Waals surface area (Å²) < 4.78 is 37.6. The van der Waals surface area contributed by atoms with Crippen LogP contribution in [-0.4, -0.2) is 22.5 Å². The van der Waals surface area contributed by atoms with Crippen molar-refractivity contribution in [1.29, 1.82) is 0 Å². The van der Waals surface area contributed by atoms with Crippen LogP contribution in [0.3, 0.4) is 0 Å². The van der Waals surface area contributed by atoms with Crippen LogP contribution >= 0.6 is 0 Å². The maximum Gasteiger partial charge on any atom is 0.237 e. The van der Waals surface area contributed by atoms with Gasteiger partial charge in [-0.2, -0.15) is 0 Å². The molecule has 2 aromatic heterocycles. The van der Waals surface area contributed by atoms with E-state index in [2.05, 4.69) is 15.3 Å². The van der Waals surface area contributed by atoms with Gasteiger partial charge in [-0.25, -0.2) is 18.7 Å². The third kappa shape index (κ3) is 4.66. The molecular weight excluding hydrogens is 356 g/mol. The average molecular weight is 373 g/mol. The van der Waals surface area contributed by atoms with Gasteiger partial charge >= 0.3 is 0 Å². The summed E-state index contributed by atoms with van der Waals surface area (Å²) in [7, 11) is 0. The van der Waals surface area contributed by atoms with Gasteiger partial charge in [-0.05, 0) is 31.2 Å². The summed E-state index contributed by atoms with van der Waals surface area (Å²) in [6.45, 7) is 2.25. The predicted octanol–water partition coefficient (Wildman–Crippen LogP) is 3.98. The normalized spacial score (nSPS) is 10.6. The molecule has 0 aliphatic heterocycles. The highest BCUT2D eigenvalue weighted by Crippen LogP contribution is 2.25. The number of amides is 1. The van der Waals surface area contributed by atoms with E-state index < -0.39 is 11.6 Å². The van der Waals surface area contributed by atoms with Gasteiger partial charge in [0.05, 0.1) is 18.4 Å². The van der Waals surface area contributed by atoms with Crippen molar-refractivity contribution in [3.8, 4) is 17.2 Å². The lowest BCUT2D eigenvalue weighted by Gasteiger charge is -2.09. The van der Waals surface area contributed by atoms with Crippen molar-refractivity contribution in [2.24, 2.45) is 0 Å². The molecule has 0 aliphatic rings. The third-order valence-electron chi connectivity index (χ3n) is 3.64. The molecule has 0 spiro atoms. The Balaban J connectivity index is 1.61. The molecule has 1 amide bonds. The molecule has 1 N–H and O–H groups in total.